The zero-order valence-electron chi connectivity index (χ0n) is 32.0. The molecule has 2 heterocycles. The maximum absolute atomic E-state index is 6.69. The first-order valence-electron chi connectivity index (χ1n) is 19.6. The van der Waals surface area contributed by atoms with Gasteiger partial charge in [-0.15, -0.1) is 0 Å². The van der Waals surface area contributed by atoms with E-state index in [1.54, 1.807) is 0 Å². The van der Waals surface area contributed by atoms with Crippen LogP contribution in [0.15, 0.2) is 186 Å². The summed E-state index contributed by atoms with van der Waals surface area (Å²) in [4.78, 5) is 20.0. The van der Waals surface area contributed by atoms with E-state index in [-0.39, 0.29) is 5.41 Å². The molecule has 0 amide bonds. The molecule has 5 nitrogen and oxygen atoms in total. The van der Waals surface area contributed by atoms with E-state index in [4.69, 9.17) is 24.4 Å². The van der Waals surface area contributed by atoms with Crippen molar-refractivity contribution >= 4 is 21.9 Å². The summed E-state index contributed by atoms with van der Waals surface area (Å²) in [6, 6.07) is 63.2. The van der Waals surface area contributed by atoms with Crippen LogP contribution in [0.2, 0.25) is 0 Å². The van der Waals surface area contributed by atoms with E-state index in [0.717, 1.165) is 55.3 Å². The Morgan fingerprint density at radius 3 is 1.41 bits per heavy atom. The second-order valence-corrected chi connectivity index (χ2v) is 15.5. The number of benzene rings is 8. The normalized spacial score (nSPS) is 12.8. The summed E-state index contributed by atoms with van der Waals surface area (Å²) in [7, 11) is 0. The number of nitrogens with zero attached hydrogens (tertiary/aromatic N) is 4. The van der Waals surface area contributed by atoms with Gasteiger partial charge in [-0.1, -0.05) is 178 Å². The molecule has 8 aromatic carbocycles. The van der Waals surface area contributed by atoms with Gasteiger partial charge in [-0.2, -0.15) is 0 Å². The number of oxazole rings is 1. The van der Waals surface area contributed by atoms with Crippen LogP contribution in [0.25, 0.3) is 101 Å². The second-order valence-electron chi connectivity index (χ2n) is 15.5. The SMILES string of the molecule is CC1(C)c2ccccc2-c2c1ccc1ccc3nc(-c4ccc(-c5nc(-c6ccccc6)nc(-c6ccc(-c7ccc(-c8ccccc8)cc7)cc6)n5)cc4)oc3c21. The van der Waals surface area contributed by atoms with Gasteiger partial charge in [0.1, 0.15) is 5.52 Å². The summed E-state index contributed by atoms with van der Waals surface area (Å²) in [5, 5.41) is 2.26. The Hall–Kier alpha value is -7.50. The van der Waals surface area contributed by atoms with E-state index in [0.29, 0.717) is 23.4 Å². The van der Waals surface area contributed by atoms with Crippen LogP contribution < -0.4 is 0 Å². The van der Waals surface area contributed by atoms with Gasteiger partial charge in [-0.3, -0.25) is 0 Å². The minimum absolute atomic E-state index is 0.102. The molecule has 5 heteroatoms. The second kappa shape index (κ2) is 13.3. The molecule has 0 atom stereocenters. The van der Waals surface area contributed by atoms with Crippen LogP contribution in [0.4, 0.5) is 0 Å². The van der Waals surface area contributed by atoms with Gasteiger partial charge in [0.25, 0.3) is 0 Å². The minimum atomic E-state index is -0.102. The average Bonchev–Trinajstić information content (AvgIpc) is 3.84. The van der Waals surface area contributed by atoms with E-state index >= 15 is 0 Å². The van der Waals surface area contributed by atoms with Crippen molar-refractivity contribution in [3.8, 4) is 79.0 Å². The van der Waals surface area contributed by atoms with Gasteiger partial charge in [0.15, 0.2) is 23.1 Å². The van der Waals surface area contributed by atoms with Crippen molar-refractivity contribution in [2.75, 3.05) is 0 Å². The summed E-state index contributed by atoms with van der Waals surface area (Å²) >= 11 is 0. The fourth-order valence-corrected chi connectivity index (χ4v) is 8.52. The Kier molecular flexibility index (Phi) is 7.76. The third-order valence-corrected chi connectivity index (χ3v) is 11.6. The van der Waals surface area contributed by atoms with Gasteiger partial charge in [-0.05, 0) is 68.1 Å². The number of rotatable bonds is 6. The first-order valence-corrected chi connectivity index (χ1v) is 19.6. The molecule has 0 aliphatic heterocycles. The van der Waals surface area contributed by atoms with Crippen molar-refractivity contribution in [1.82, 2.24) is 19.9 Å². The van der Waals surface area contributed by atoms with E-state index in [9.17, 15) is 0 Å². The lowest BCUT2D eigenvalue weighted by Crippen LogP contribution is -2.14. The molecule has 0 N–H and O–H groups in total. The molecule has 0 fully saturated rings. The van der Waals surface area contributed by atoms with Crippen LogP contribution >= 0.6 is 0 Å². The molecule has 0 bridgehead atoms. The molecule has 2 aromatic heterocycles. The lowest BCUT2D eigenvalue weighted by Gasteiger charge is -2.21. The standard InChI is InChI=1S/C53H36N4O/c1-53(2)43-16-10-9-15-42(43)47-44(53)31-29-37-30-32-45-48(46(37)47)58-52(54-45)41-27-25-40(26-28-41)51-56-49(38-13-7-4-8-14-38)55-50(57-51)39-23-21-36(22-24-39)35-19-17-34(18-20-35)33-11-5-3-6-12-33/h3-32H,1-2H3. The molecular weight excluding hydrogens is 709 g/mol. The van der Waals surface area contributed by atoms with Gasteiger partial charge >= 0.3 is 0 Å². The zero-order chi connectivity index (χ0) is 38.8. The Morgan fingerprint density at radius 2 is 0.828 bits per heavy atom. The van der Waals surface area contributed by atoms with Crippen LogP contribution in [-0.2, 0) is 5.41 Å². The molecule has 274 valence electrons. The highest BCUT2D eigenvalue weighted by atomic mass is 16.3. The molecule has 0 radical (unpaired) electrons. The van der Waals surface area contributed by atoms with Gasteiger partial charge in [0.05, 0.1) is 0 Å². The maximum Gasteiger partial charge on any atom is 0.227 e. The fourth-order valence-electron chi connectivity index (χ4n) is 8.52. The van der Waals surface area contributed by atoms with Crippen molar-refractivity contribution in [2.45, 2.75) is 19.3 Å². The summed E-state index contributed by atoms with van der Waals surface area (Å²) < 4.78 is 6.69. The maximum atomic E-state index is 6.69. The monoisotopic (exact) mass is 744 g/mol. The highest BCUT2D eigenvalue weighted by molar-refractivity contribution is 6.14. The van der Waals surface area contributed by atoms with Crippen molar-refractivity contribution in [3.05, 3.63) is 193 Å². The molecule has 10 aromatic rings. The van der Waals surface area contributed by atoms with Crippen molar-refractivity contribution in [2.24, 2.45) is 0 Å². The third kappa shape index (κ3) is 5.62. The molecular formula is C53H36N4O. The van der Waals surface area contributed by atoms with Crippen LogP contribution in [0.3, 0.4) is 0 Å². The Morgan fingerprint density at radius 1 is 0.379 bits per heavy atom. The van der Waals surface area contributed by atoms with E-state index in [1.165, 1.54) is 33.4 Å². The largest absolute Gasteiger partial charge is 0.435 e. The van der Waals surface area contributed by atoms with Gasteiger partial charge in [-0.25, -0.2) is 19.9 Å². The van der Waals surface area contributed by atoms with Crippen LogP contribution in [-0.4, -0.2) is 19.9 Å². The quantitative estimate of drug-likeness (QED) is 0.170. The van der Waals surface area contributed by atoms with Gasteiger partial charge in [0.2, 0.25) is 5.89 Å². The Labute approximate surface area is 336 Å². The van der Waals surface area contributed by atoms with Crippen LogP contribution in [0.5, 0.6) is 0 Å². The highest BCUT2D eigenvalue weighted by Gasteiger charge is 2.37. The first kappa shape index (κ1) is 33.8. The summed E-state index contributed by atoms with van der Waals surface area (Å²) in [5.74, 6) is 2.40. The van der Waals surface area contributed by atoms with Gasteiger partial charge in [0, 0.05) is 33.1 Å². The number of aromatic nitrogens is 4. The third-order valence-electron chi connectivity index (χ3n) is 11.6. The molecule has 1 aliphatic carbocycles. The van der Waals surface area contributed by atoms with Crippen LogP contribution in [0.1, 0.15) is 25.0 Å². The van der Waals surface area contributed by atoms with Crippen molar-refractivity contribution < 1.29 is 4.42 Å². The lowest BCUT2D eigenvalue weighted by molar-refractivity contribution is 0.623. The molecule has 0 saturated heterocycles. The topological polar surface area (TPSA) is 64.7 Å². The van der Waals surface area contributed by atoms with Crippen molar-refractivity contribution in [1.29, 1.82) is 0 Å². The van der Waals surface area contributed by atoms with Crippen LogP contribution in [0, 0.1) is 0 Å². The molecule has 0 spiro atoms. The predicted octanol–water partition coefficient (Wildman–Crippen LogP) is 13.5. The van der Waals surface area contributed by atoms with Gasteiger partial charge < -0.3 is 4.42 Å². The summed E-state index contributed by atoms with van der Waals surface area (Å²) in [5.41, 5.74) is 15.0. The predicted molar refractivity (Wildman–Crippen MR) is 235 cm³/mol. The van der Waals surface area contributed by atoms with Crippen molar-refractivity contribution in [3.63, 3.8) is 0 Å². The highest BCUT2D eigenvalue weighted by Crippen LogP contribution is 2.52. The number of fused-ring (bicyclic) bond motifs is 7. The average molecular weight is 745 g/mol. The zero-order valence-corrected chi connectivity index (χ0v) is 32.0. The molecule has 0 saturated carbocycles. The smallest absolute Gasteiger partial charge is 0.227 e. The minimum Gasteiger partial charge on any atom is -0.435 e. The Balaban J connectivity index is 0.941. The molecule has 1 aliphatic rings. The van der Waals surface area contributed by atoms with E-state index < -0.39 is 0 Å². The summed E-state index contributed by atoms with van der Waals surface area (Å²) in [6.45, 7) is 4.61. The van der Waals surface area contributed by atoms with E-state index in [1.807, 2.05) is 60.7 Å². The number of hydrogen-bond acceptors (Lipinski definition) is 5. The number of hydrogen-bond donors (Lipinski definition) is 0. The summed E-state index contributed by atoms with van der Waals surface area (Å²) in [6.07, 6.45) is 0. The Bertz CT molecular complexity index is 3150. The van der Waals surface area contributed by atoms with E-state index in [2.05, 4.69) is 135 Å². The molecule has 11 rings (SSSR count). The first-order chi connectivity index (χ1) is 28.5. The molecule has 58 heavy (non-hydrogen) atoms. The fraction of sp³-hybridized carbons (Fsp3) is 0.0566. The molecule has 0 unspecified atom stereocenters. The lowest BCUT2D eigenvalue weighted by atomic mass is 9.82.